The summed E-state index contributed by atoms with van der Waals surface area (Å²) in [4.78, 5) is 19.2. The molecule has 0 radical (unpaired) electrons. The largest absolute Gasteiger partial charge is 0.341 e. The Morgan fingerprint density at radius 1 is 1.32 bits per heavy atom. The van der Waals surface area contributed by atoms with Crippen molar-refractivity contribution in [2.45, 2.75) is 37.5 Å². The maximum atomic E-state index is 13.4. The summed E-state index contributed by atoms with van der Waals surface area (Å²) in [6, 6.07) is 4.90. The van der Waals surface area contributed by atoms with Crippen molar-refractivity contribution < 1.29 is 4.39 Å². The molecule has 3 aromatic rings. The van der Waals surface area contributed by atoms with Gasteiger partial charge in [-0.05, 0) is 43.3 Å². The van der Waals surface area contributed by atoms with E-state index in [0.29, 0.717) is 0 Å². The number of aromatic nitrogens is 4. The first-order valence-electron chi connectivity index (χ1n) is 8.56. The highest BCUT2D eigenvalue weighted by atomic mass is 32.2. The lowest BCUT2D eigenvalue weighted by Crippen LogP contribution is -2.23. The van der Waals surface area contributed by atoms with Gasteiger partial charge in [0, 0.05) is 24.5 Å². The standard InChI is InChI=1S/C18H20FN5S/c1-2-25-18-20-9-12(10-21-18)11-24-7-3-4-16(24)17-22-14-6-5-13(19)8-15(14)23-17/h5-6,8-10,16H,2-4,7,11H2,1H3,(H,22,23)/t16-/m0/s1. The Kier molecular flexibility index (Phi) is 4.67. The van der Waals surface area contributed by atoms with Crippen LogP contribution in [0.15, 0.2) is 35.7 Å². The molecule has 5 nitrogen and oxygen atoms in total. The van der Waals surface area contributed by atoms with E-state index in [1.807, 2.05) is 12.4 Å². The molecule has 0 bridgehead atoms. The van der Waals surface area contributed by atoms with Gasteiger partial charge in [0.05, 0.1) is 17.1 Å². The lowest BCUT2D eigenvalue weighted by Gasteiger charge is -2.22. The molecule has 1 saturated heterocycles. The molecule has 0 unspecified atom stereocenters. The molecule has 1 aromatic carbocycles. The number of nitrogens with zero attached hydrogens (tertiary/aromatic N) is 4. The zero-order valence-electron chi connectivity index (χ0n) is 14.1. The molecule has 0 saturated carbocycles. The van der Waals surface area contributed by atoms with Crippen LogP contribution in [0.3, 0.4) is 0 Å². The number of likely N-dealkylation sites (tertiary alicyclic amines) is 1. The Hall–Kier alpha value is -1.99. The Balaban J connectivity index is 1.53. The minimum atomic E-state index is -0.242. The third-order valence-corrected chi connectivity index (χ3v) is 5.24. The van der Waals surface area contributed by atoms with Gasteiger partial charge in [-0.2, -0.15) is 0 Å². The van der Waals surface area contributed by atoms with E-state index in [-0.39, 0.29) is 11.9 Å². The summed E-state index contributed by atoms with van der Waals surface area (Å²) in [6.07, 6.45) is 6.00. The number of halogens is 1. The first kappa shape index (κ1) is 16.5. The van der Waals surface area contributed by atoms with Gasteiger partial charge in [0.1, 0.15) is 11.6 Å². The summed E-state index contributed by atoms with van der Waals surface area (Å²) in [5, 5.41) is 0.823. The van der Waals surface area contributed by atoms with E-state index in [1.54, 1.807) is 17.8 Å². The van der Waals surface area contributed by atoms with Crippen LogP contribution in [-0.2, 0) is 6.54 Å². The predicted octanol–water partition coefficient (Wildman–Crippen LogP) is 3.94. The maximum absolute atomic E-state index is 13.4. The number of H-pyrrole nitrogens is 1. The number of fused-ring (bicyclic) bond motifs is 1. The van der Waals surface area contributed by atoms with Crippen molar-refractivity contribution in [1.82, 2.24) is 24.8 Å². The second kappa shape index (κ2) is 7.09. The second-order valence-corrected chi connectivity index (χ2v) is 7.45. The summed E-state index contributed by atoms with van der Waals surface area (Å²) in [7, 11) is 0. The average molecular weight is 357 g/mol. The van der Waals surface area contributed by atoms with Crippen LogP contribution in [-0.4, -0.2) is 37.1 Å². The van der Waals surface area contributed by atoms with Gasteiger partial charge in [0.15, 0.2) is 5.16 Å². The van der Waals surface area contributed by atoms with E-state index in [9.17, 15) is 4.39 Å². The number of benzene rings is 1. The fourth-order valence-electron chi connectivity index (χ4n) is 3.35. The highest BCUT2D eigenvalue weighted by Crippen LogP contribution is 2.32. The average Bonchev–Trinajstić information content (AvgIpc) is 3.22. The van der Waals surface area contributed by atoms with Gasteiger partial charge < -0.3 is 4.98 Å². The highest BCUT2D eigenvalue weighted by Gasteiger charge is 2.28. The zero-order valence-corrected chi connectivity index (χ0v) is 14.9. The smallest absolute Gasteiger partial charge is 0.187 e. The molecule has 0 amide bonds. The van der Waals surface area contributed by atoms with E-state index < -0.39 is 0 Å². The number of aromatic amines is 1. The van der Waals surface area contributed by atoms with Crippen molar-refractivity contribution in [2.75, 3.05) is 12.3 Å². The minimum Gasteiger partial charge on any atom is -0.341 e. The van der Waals surface area contributed by atoms with Crippen molar-refractivity contribution in [1.29, 1.82) is 0 Å². The Morgan fingerprint density at radius 3 is 2.96 bits per heavy atom. The van der Waals surface area contributed by atoms with Crippen molar-refractivity contribution in [3.8, 4) is 0 Å². The summed E-state index contributed by atoms with van der Waals surface area (Å²) in [6.45, 7) is 3.91. The molecule has 0 spiro atoms. The van der Waals surface area contributed by atoms with E-state index in [2.05, 4.69) is 31.8 Å². The molecule has 1 fully saturated rings. The van der Waals surface area contributed by atoms with Crippen LogP contribution < -0.4 is 0 Å². The molecule has 1 N–H and O–H groups in total. The van der Waals surface area contributed by atoms with Crippen LogP contribution in [0.25, 0.3) is 11.0 Å². The van der Waals surface area contributed by atoms with Crippen molar-refractivity contribution >= 4 is 22.8 Å². The zero-order chi connectivity index (χ0) is 17.2. The van der Waals surface area contributed by atoms with E-state index in [4.69, 9.17) is 0 Å². The Labute approximate surface area is 150 Å². The van der Waals surface area contributed by atoms with E-state index >= 15 is 0 Å². The van der Waals surface area contributed by atoms with Crippen LogP contribution in [0.5, 0.6) is 0 Å². The van der Waals surface area contributed by atoms with Gasteiger partial charge in [-0.25, -0.2) is 19.3 Å². The fraction of sp³-hybridized carbons (Fsp3) is 0.389. The molecule has 1 aliphatic heterocycles. The van der Waals surface area contributed by atoms with Crippen molar-refractivity contribution in [3.05, 3.63) is 47.8 Å². The number of hydrogen-bond donors (Lipinski definition) is 1. The Bertz CT molecular complexity index is 864. The van der Waals surface area contributed by atoms with Crippen LogP contribution in [0, 0.1) is 5.82 Å². The second-order valence-electron chi connectivity index (χ2n) is 6.22. The summed E-state index contributed by atoms with van der Waals surface area (Å²) < 4.78 is 13.4. The lowest BCUT2D eigenvalue weighted by atomic mass is 10.2. The normalized spacial score (nSPS) is 18.2. The predicted molar refractivity (Wildman–Crippen MR) is 96.9 cm³/mol. The van der Waals surface area contributed by atoms with Gasteiger partial charge in [-0.3, -0.25) is 4.90 Å². The molecular weight excluding hydrogens is 337 g/mol. The maximum Gasteiger partial charge on any atom is 0.187 e. The van der Waals surface area contributed by atoms with Gasteiger partial charge in [0.25, 0.3) is 0 Å². The summed E-state index contributed by atoms with van der Waals surface area (Å²) >= 11 is 1.65. The number of nitrogens with one attached hydrogen (secondary N) is 1. The molecule has 0 aliphatic carbocycles. The molecule has 1 aliphatic rings. The lowest BCUT2D eigenvalue weighted by molar-refractivity contribution is 0.240. The third kappa shape index (κ3) is 3.52. The van der Waals surface area contributed by atoms with Crippen LogP contribution in [0.4, 0.5) is 4.39 Å². The van der Waals surface area contributed by atoms with Crippen LogP contribution in [0.1, 0.15) is 37.2 Å². The van der Waals surface area contributed by atoms with Gasteiger partial charge in [0.2, 0.25) is 0 Å². The first-order valence-corrected chi connectivity index (χ1v) is 9.54. The van der Waals surface area contributed by atoms with E-state index in [1.165, 1.54) is 12.1 Å². The third-order valence-electron chi connectivity index (χ3n) is 4.48. The molecule has 130 valence electrons. The SMILES string of the molecule is CCSc1ncc(CN2CCC[C@H]2c2nc3ccc(F)cc3[nH]2)cn1. The molecule has 25 heavy (non-hydrogen) atoms. The van der Waals surface area contributed by atoms with Crippen molar-refractivity contribution in [3.63, 3.8) is 0 Å². The molecule has 3 heterocycles. The number of rotatable bonds is 5. The molecule has 1 atom stereocenters. The minimum absolute atomic E-state index is 0.222. The molecule has 7 heteroatoms. The first-order chi connectivity index (χ1) is 12.2. The van der Waals surface area contributed by atoms with Gasteiger partial charge >= 0.3 is 0 Å². The van der Waals surface area contributed by atoms with Gasteiger partial charge in [-0.15, -0.1) is 0 Å². The number of hydrogen-bond acceptors (Lipinski definition) is 5. The van der Waals surface area contributed by atoms with E-state index in [0.717, 1.165) is 59.3 Å². The van der Waals surface area contributed by atoms with Crippen LogP contribution in [0.2, 0.25) is 0 Å². The summed E-state index contributed by atoms with van der Waals surface area (Å²) in [5.74, 6) is 1.64. The monoisotopic (exact) mass is 357 g/mol. The molecular formula is C18H20FN5S. The summed E-state index contributed by atoms with van der Waals surface area (Å²) in [5.41, 5.74) is 2.67. The molecule has 4 rings (SSSR count). The van der Waals surface area contributed by atoms with Gasteiger partial charge in [-0.1, -0.05) is 18.7 Å². The Morgan fingerprint density at radius 2 is 2.16 bits per heavy atom. The molecule has 2 aromatic heterocycles. The number of imidazole rings is 1. The highest BCUT2D eigenvalue weighted by molar-refractivity contribution is 7.99. The van der Waals surface area contributed by atoms with Crippen molar-refractivity contribution in [2.24, 2.45) is 0 Å². The topological polar surface area (TPSA) is 57.7 Å². The number of thioether (sulfide) groups is 1. The van der Waals surface area contributed by atoms with Crippen LogP contribution >= 0.6 is 11.8 Å². The fourth-order valence-corrected chi connectivity index (χ4v) is 3.86. The quantitative estimate of drug-likeness (QED) is 0.554.